The minimum Gasteiger partial charge on any atom is -0.369 e. The van der Waals surface area contributed by atoms with E-state index in [2.05, 4.69) is 40.6 Å². The first-order valence-electron chi connectivity index (χ1n) is 9.03. The monoisotopic (exact) mass is 365 g/mol. The van der Waals surface area contributed by atoms with Gasteiger partial charge >= 0.3 is 0 Å². The number of Topliss-reactive ketones (excluding diaryl/α,β-unsaturated/α-hetero) is 1. The highest BCUT2D eigenvalue weighted by Crippen LogP contribution is 2.27. The predicted molar refractivity (Wildman–Crippen MR) is 95.9 cm³/mol. The van der Waals surface area contributed by atoms with Crippen molar-refractivity contribution in [1.82, 2.24) is 15.0 Å². The Hall–Kier alpha value is -2.61. The maximum absolute atomic E-state index is 11.8. The first kappa shape index (κ1) is 16.6. The first-order valence-corrected chi connectivity index (χ1v) is 9.03. The second-order valence-corrected chi connectivity index (χ2v) is 6.95. The van der Waals surface area contributed by atoms with E-state index in [9.17, 15) is 4.79 Å². The van der Waals surface area contributed by atoms with Crippen molar-refractivity contribution >= 4 is 16.6 Å². The smallest absolute Gasteiger partial charge is 0.218 e. The van der Waals surface area contributed by atoms with Crippen molar-refractivity contribution in [1.29, 1.82) is 0 Å². The van der Waals surface area contributed by atoms with Gasteiger partial charge in [-0.1, -0.05) is 41.6 Å². The van der Waals surface area contributed by atoms with Gasteiger partial charge in [-0.25, -0.2) is 4.68 Å². The zero-order valence-electron chi connectivity index (χ0n) is 14.7. The number of aromatic nitrogens is 3. The summed E-state index contributed by atoms with van der Waals surface area (Å²) in [6.07, 6.45) is 1.02. The van der Waals surface area contributed by atoms with Crippen molar-refractivity contribution in [2.45, 2.75) is 38.1 Å². The average molecular weight is 365 g/mol. The van der Waals surface area contributed by atoms with Gasteiger partial charge in [0, 0.05) is 6.42 Å². The number of ketones is 1. The van der Waals surface area contributed by atoms with Gasteiger partial charge in [0.05, 0.1) is 32.1 Å². The van der Waals surface area contributed by atoms with Gasteiger partial charge in [0.15, 0.2) is 5.78 Å². The second-order valence-electron chi connectivity index (χ2n) is 6.95. The van der Waals surface area contributed by atoms with E-state index < -0.39 is 6.29 Å². The van der Waals surface area contributed by atoms with Crippen LogP contribution in [0.25, 0.3) is 10.8 Å². The molecule has 2 aliphatic rings. The van der Waals surface area contributed by atoms with E-state index in [1.807, 2.05) is 18.3 Å². The van der Waals surface area contributed by atoms with Gasteiger partial charge in [0.2, 0.25) is 6.29 Å². The lowest BCUT2D eigenvalue weighted by atomic mass is 10.1. The third kappa shape index (κ3) is 3.37. The van der Waals surface area contributed by atoms with Crippen molar-refractivity contribution in [2.24, 2.45) is 0 Å². The summed E-state index contributed by atoms with van der Waals surface area (Å²) in [7, 11) is 0. The number of carbonyl (C=O) groups excluding carboxylic acids is 1. The Morgan fingerprint density at radius 1 is 1.19 bits per heavy atom. The molecule has 1 aromatic heterocycles. The molecule has 2 aliphatic heterocycles. The number of ether oxygens (including phenoxy) is 3. The van der Waals surface area contributed by atoms with Crippen molar-refractivity contribution in [3.8, 4) is 0 Å². The van der Waals surface area contributed by atoms with E-state index in [-0.39, 0.29) is 18.0 Å². The van der Waals surface area contributed by atoms with Crippen LogP contribution >= 0.6 is 0 Å². The van der Waals surface area contributed by atoms with Crippen LogP contribution in [-0.4, -0.2) is 45.9 Å². The molecule has 3 heterocycles. The van der Waals surface area contributed by atoms with Gasteiger partial charge in [0.1, 0.15) is 11.8 Å². The van der Waals surface area contributed by atoms with Crippen molar-refractivity contribution < 1.29 is 19.0 Å². The van der Waals surface area contributed by atoms with Crippen LogP contribution in [0.5, 0.6) is 0 Å². The molecule has 0 spiro atoms. The minimum atomic E-state index is -0.697. The normalized spacial score (nSPS) is 24.6. The van der Waals surface area contributed by atoms with E-state index in [1.165, 1.54) is 10.8 Å². The van der Waals surface area contributed by atoms with E-state index in [0.717, 1.165) is 11.3 Å². The molecule has 138 valence electrons. The minimum absolute atomic E-state index is 0.0614. The third-order valence-corrected chi connectivity index (χ3v) is 4.98. The summed E-state index contributed by atoms with van der Waals surface area (Å²) >= 11 is 0. The molecule has 5 rings (SSSR count). The van der Waals surface area contributed by atoms with Gasteiger partial charge in [-0.15, -0.1) is 5.10 Å². The molecule has 2 fully saturated rings. The second kappa shape index (κ2) is 6.84. The highest BCUT2D eigenvalue weighted by molar-refractivity contribution is 5.83. The fourth-order valence-corrected chi connectivity index (χ4v) is 3.57. The summed E-state index contributed by atoms with van der Waals surface area (Å²) in [6, 6.07) is 14.6. The summed E-state index contributed by atoms with van der Waals surface area (Å²) in [4.78, 5) is 11.8. The molecule has 2 aromatic carbocycles. The average Bonchev–Trinajstić information content (AvgIpc) is 3.32. The molecule has 3 atom stereocenters. The molecule has 7 nitrogen and oxygen atoms in total. The highest BCUT2D eigenvalue weighted by atomic mass is 16.7. The molecule has 3 aromatic rings. The number of rotatable bonds is 5. The molecule has 0 unspecified atom stereocenters. The molecule has 2 saturated heterocycles. The number of nitrogens with zero attached hydrogens (tertiary/aromatic N) is 3. The number of hydrogen-bond donors (Lipinski definition) is 0. The Morgan fingerprint density at radius 3 is 3.00 bits per heavy atom. The fourth-order valence-electron chi connectivity index (χ4n) is 3.57. The van der Waals surface area contributed by atoms with Gasteiger partial charge in [-0.05, 0) is 22.4 Å². The Morgan fingerprint density at radius 2 is 2.07 bits per heavy atom. The van der Waals surface area contributed by atoms with Crippen LogP contribution in [0.2, 0.25) is 0 Å². The lowest BCUT2D eigenvalue weighted by Gasteiger charge is -2.25. The van der Waals surface area contributed by atoms with Crippen LogP contribution in [0.15, 0.2) is 48.7 Å². The standard InChI is InChI=1S/C20H19N3O4/c24-17-8-18(19-12-26-20(17)27-19)25-11-16-10-23(22-21-16)9-13-5-6-14-3-1-2-4-15(14)7-13/h1-7,10,18-20H,8-9,11-12H2/t18-,19+,20+/m0/s1. The molecule has 27 heavy (non-hydrogen) atoms. The largest absolute Gasteiger partial charge is 0.369 e. The molecule has 0 radical (unpaired) electrons. The molecule has 0 N–H and O–H groups in total. The zero-order chi connectivity index (χ0) is 18.2. The van der Waals surface area contributed by atoms with Crippen LogP contribution in [0.4, 0.5) is 0 Å². The molecule has 0 aliphatic carbocycles. The van der Waals surface area contributed by atoms with Gasteiger partial charge in [-0.3, -0.25) is 4.79 Å². The van der Waals surface area contributed by atoms with Crippen LogP contribution in [0.1, 0.15) is 17.7 Å². The zero-order valence-corrected chi connectivity index (χ0v) is 14.7. The Balaban J connectivity index is 1.22. The highest BCUT2D eigenvalue weighted by Gasteiger charge is 2.43. The number of hydrogen-bond acceptors (Lipinski definition) is 6. The number of fused-ring (bicyclic) bond motifs is 3. The van der Waals surface area contributed by atoms with Crippen LogP contribution in [0.3, 0.4) is 0 Å². The molecule has 2 bridgehead atoms. The summed E-state index contributed by atoms with van der Waals surface area (Å²) in [5, 5.41) is 10.8. The van der Waals surface area contributed by atoms with E-state index in [1.54, 1.807) is 4.68 Å². The summed E-state index contributed by atoms with van der Waals surface area (Å²) in [5.41, 5.74) is 1.88. The lowest BCUT2D eigenvalue weighted by molar-refractivity contribution is -0.168. The number of benzene rings is 2. The lowest BCUT2D eigenvalue weighted by Crippen LogP contribution is -2.40. The quantitative estimate of drug-likeness (QED) is 0.689. The fraction of sp³-hybridized carbons (Fsp3) is 0.350. The SMILES string of the molecule is O=C1C[C@H](OCc2cn(Cc3ccc4ccccc4c3)nn2)[C@H]2CO[C@@H]1O2. The molecule has 0 amide bonds. The topological polar surface area (TPSA) is 75.5 Å². The van der Waals surface area contributed by atoms with Gasteiger partial charge < -0.3 is 14.2 Å². The molecule has 0 saturated carbocycles. The Kier molecular flexibility index (Phi) is 4.20. The van der Waals surface area contributed by atoms with E-state index in [4.69, 9.17) is 14.2 Å². The van der Waals surface area contributed by atoms with E-state index in [0.29, 0.717) is 26.2 Å². The van der Waals surface area contributed by atoms with Crippen LogP contribution < -0.4 is 0 Å². The number of carbonyl (C=O) groups is 1. The predicted octanol–water partition coefficient (Wildman–Crippen LogP) is 2.08. The molecular formula is C20H19N3O4. The summed E-state index contributed by atoms with van der Waals surface area (Å²) in [6.45, 7) is 1.33. The van der Waals surface area contributed by atoms with Crippen molar-refractivity contribution in [2.75, 3.05) is 6.61 Å². The maximum Gasteiger partial charge on any atom is 0.218 e. The van der Waals surface area contributed by atoms with Crippen molar-refractivity contribution in [3.63, 3.8) is 0 Å². The van der Waals surface area contributed by atoms with Crippen LogP contribution in [-0.2, 0) is 32.2 Å². The van der Waals surface area contributed by atoms with E-state index >= 15 is 0 Å². The Labute approximate surface area is 155 Å². The molecule has 7 heteroatoms. The third-order valence-electron chi connectivity index (χ3n) is 4.98. The van der Waals surface area contributed by atoms with Crippen molar-refractivity contribution in [3.05, 3.63) is 59.9 Å². The Bertz CT molecular complexity index is 986. The van der Waals surface area contributed by atoms with Crippen LogP contribution in [0, 0.1) is 0 Å². The maximum atomic E-state index is 11.8. The summed E-state index contributed by atoms with van der Waals surface area (Å²) < 4.78 is 18.4. The molecular weight excluding hydrogens is 346 g/mol. The van der Waals surface area contributed by atoms with Gasteiger partial charge in [0.25, 0.3) is 0 Å². The summed E-state index contributed by atoms with van der Waals surface area (Å²) in [5.74, 6) is -0.0614. The first-order chi connectivity index (χ1) is 13.2. The van der Waals surface area contributed by atoms with Gasteiger partial charge in [-0.2, -0.15) is 0 Å².